The maximum absolute atomic E-state index is 13.9. The van der Waals surface area contributed by atoms with Crippen LogP contribution in [0.3, 0.4) is 0 Å². The minimum Gasteiger partial charge on any atom is -0.493 e. The second kappa shape index (κ2) is 12.9. The lowest BCUT2D eigenvalue weighted by atomic mass is 10.00. The fraction of sp³-hybridized carbons (Fsp3) is 0.176. The highest BCUT2D eigenvalue weighted by Gasteiger charge is 2.39. The first-order chi connectivity index (χ1) is 21.1. The first-order valence-electron chi connectivity index (χ1n) is 13.9. The Hall–Kier alpha value is -4.69. The molecule has 0 aliphatic rings. The van der Waals surface area contributed by atoms with E-state index in [9.17, 15) is 23.9 Å². The van der Waals surface area contributed by atoms with E-state index < -0.39 is 19.2 Å². The minimum atomic E-state index is -5.00. The topological polar surface area (TPSA) is 125 Å². The van der Waals surface area contributed by atoms with E-state index in [0.29, 0.717) is 35.2 Å². The van der Waals surface area contributed by atoms with Gasteiger partial charge in [0.2, 0.25) is 5.91 Å². The second-order valence-electron chi connectivity index (χ2n) is 10.4. The van der Waals surface area contributed by atoms with Crippen LogP contribution < -0.4 is 14.8 Å². The van der Waals surface area contributed by atoms with E-state index in [2.05, 4.69) is 5.32 Å². The van der Waals surface area contributed by atoms with Gasteiger partial charge in [0.25, 0.3) is 5.91 Å². The van der Waals surface area contributed by atoms with Crippen molar-refractivity contribution in [1.29, 1.82) is 0 Å². The zero-order valence-electron chi connectivity index (χ0n) is 24.6. The van der Waals surface area contributed by atoms with Crippen molar-refractivity contribution in [2.45, 2.75) is 12.1 Å². The van der Waals surface area contributed by atoms with Crippen LogP contribution in [0, 0.1) is 0 Å². The number of hydrogen-bond donors (Lipinski definition) is 3. The minimum absolute atomic E-state index is 0.190. The number of nitrogens with one attached hydrogen (secondary N) is 1. The van der Waals surface area contributed by atoms with Crippen molar-refractivity contribution >= 4 is 46.6 Å². The molecule has 5 aromatic carbocycles. The van der Waals surface area contributed by atoms with Gasteiger partial charge in [-0.15, -0.1) is 0 Å². The van der Waals surface area contributed by atoms with Crippen LogP contribution in [0.4, 0.5) is 5.69 Å². The molecule has 3 N–H and O–H groups in total. The first-order valence-corrected chi connectivity index (χ1v) is 15.6. The summed E-state index contributed by atoms with van der Waals surface area (Å²) in [6, 6.07) is 28.3. The molecule has 0 saturated heterocycles. The average Bonchev–Trinajstić information content (AvgIpc) is 3.02. The number of rotatable bonds is 10. The van der Waals surface area contributed by atoms with E-state index in [1.54, 1.807) is 80.8 Å². The molecule has 226 valence electrons. The molecule has 5 aromatic rings. The normalized spacial score (nSPS) is 12.1. The number of amides is 2. The Morgan fingerprint density at radius 3 is 2.14 bits per heavy atom. The molecule has 9 nitrogen and oxygen atoms in total. The zero-order valence-corrected chi connectivity index (χ0v) is 25.5. The number of fused-ring (bicyclic) bond motifs is 2. The summed E-state index contributed by atoms with van der Waals surface area (Å²) >= 11 is 0. The second-order valence-corrected chi connectivity index (χ2v) is 12.1. The van der Waals surface area contributed by atoms with Gasteiger partial charge in [-0.05, 0) is 51.9 Å². The van der Waals surface area contributed by atoms with Gasteiger partial charge in [-0.1, -0.05) is 78.9 Å². The molecule has 0 aliphatic carbocycles. The van der Waals surface area contributed by atoms with Crippen molar-refractivity contribution < 1.29 is 33.4 Å². The Morgan fingerprint density at radius 1 is 0.818 bits per heavy atom. The lowest BCUT2D eigenvalue weighted by Crippen LogP contribution is -2.30. The van der Waals surface area contributed by atoms with Gasteiger partial charge < -0.3 is 29.5 Å². The maximum atomic E-state index is 13.9. The number of benzene rings is 5. The summed E-state index contributed by atoms with van der Waals surface area (Å²) < 4.78 is 23.5. The molecule has 0 radical (unpaired) electrons. The molecule has 0 aromatic heterocycles. The first kappa shape index (κ1) is 30.8. The molecule has 0 fully saturated rings. The van der Waals surface area contributed by atoms with E-state index in [1.165, 1.54) is 0 Å². The molecule has 5 rings (SSSR count). The fourth-order valence-electron chi connectivity index (χ4n) is 5.38. The monoisotopic (exact) mass is 612 g/mol. The summed E-state index contributed by atoms with van der Waals surface area (Å²) in [6.07, 6.45) is 0.527. The highest BCUT2D eigenvalue weighted by atomic mass is 31.2. The number of ether oxygens (including phenoxy) is 2. The standard InChI is InChI=1S/C34H33N2O7P/c1-36(20-19-22-15-18-29(42-2)30(21-22)43-3)34(38)28-17-16-24-10-5-7-13-26(24)31(28)35-33(37)32(44(39,40)41)27-14-8-11-23-9-4-6-12-25(23)27/h4-18,21,32H,19-20H2,1-3H3,(H,35,37)(H2,39,40,41). The highest BCUT2D eigenvalue weighted by Crippen LogP contribution is 2.53. The summed E-state index contributed by atoms with van der Waals surface area (Å²) in [7, 11) is -0.209. The van der Waals surface area contributed by atoms with Gasteiger partial charge >= 0.3 is 7.60 Å². The molecule has 1 unspecified atom stereocenters. The highest BCUT2D eigenvalue weighted by molar-refractivity contribution is 7.53. The van der Waals surface area contributed by atoms with Crippen LogP contribution in [0.1, 0.15) is 27.1 Å². The molecule has 1 atom stereocenters. The maximum Gasteiger partial charge on any atom is 0.342 e. The number of anilines is 1. The third kappa shape index (κ3) is 6.31. The average molecular weight is 613 g/mol. The summed E-state index contributed by atoms with van der Waals surface area (Å²) in [5.74, 6) is -0.0730. The number of nitrogens with zero attached hydrogens (tertiary/aromatic N) is 1. The largest absolute Gasteiger partial charge is 0.493 e. The Balaban J connectivity index is 1.48. The van der Waals surface area contributed by atoms with Gasteiger partial charge in [0.15, 0.2) is 17.2 Å². The van der Waals surface area contributed by atoms with Gasteiger partial charge in [-0.3, -0.25) is 14.2 Å². The molecule has 0 saturated carbocycles. The summed E-state index contributed by atoms with van der Waals surface area (Å²) in [4.78, 5) is 50.1. The van der Waals surface area contributed by atoms with Gasteiger partial charge in [-0.25, -0.2) is 0 Å². The van der Waals surface area contributed by atoms with E-state index in [-0.39, 0.29) is 22.7 Å². The third-order valence-corrected chi connectivity index (χ3v) is 8.83. The Bertz CT molecular complexity index is 1900. The van der Waals surface area contributed by atoms with Crippen molar-refractivity contribution in [3.63, 3.8) is 0 Å². The van der Waals surface area contributed by atoms with Crippen molar-refractivity contribution in [3.05, 3.63) is 114 Å². The smallest absolute Gasteiger partial charge is 0.342 e. The molecule has 2 amide bonds. The van der Waals surface area contributed by atoms with Crippen LogP contribution in [0.25, 0.3) is 21.5 Å². The molecule has 44 heavy (non-hydrogen) atoms. The predicted octanol–water partition coefficient (Wildman–Crippen LogP) is 6.18. The van der Waals surface area contributed by atoms with Gasteiger partial charge in [0.05, 0.1) is 25.5 Å². The van der Waals surface area contributed by atoms with Crippen LogP contribution in [-0.4, -0.2) is 54.3 Å². The Kier molecular flexibility index (Phi) is 9.01. The number of carbonyl (C=O) groups is 2. The Labute approximate surface area is 255 Å². The zero-order chi connectivity index (χ0) is 31.4. The molecule has 0 bridgehead atoms. The van der Waals surface area contributed by atoms with Crippen molar-refractivity contribution in [2.24, 2.45) is 0 Å². The van der Waals surface area contributed by atoms with Crippen LogP contribution in [-0.2, 0) is 15.8 Å². The predicted molar refractivity (Wildman–Crippen MR) is 172 cm³/mol. The summed E-state index contributed by atoms with van der Waals surface area (Å²) in [5, 5.41) is 5.38. The van der Waals surface area contributed by atoms with E-state index in [0.717, 1.165) is 16.3 Å². The molecular weight excluding hydrogens is 579 g/mol. The van der Waals surface area contributed by atoms with E-state index >= 15 is 0 Å². The lowest BCUT2D eigenvalue weighted by Gasteiger charge is -2.23. The van der Waals surface area contributed by atoms with Gasteiger partial charge in [0, 0.05) is 19.0 Å². The Morgan fingerprint density at radius 2 is 1.45 bits per heavy atom. The molecule has 10 heteroatoms. The third-order valence-electron chi connectivity index (χ3n) is 7.64. The summed E-state index contributed by atoms with van der Waals surface area (Å²) in [5.41, 5.74) is -0.259. The fourth-order valence-corrected chi connectivity index (χ4v) is 6.34. The molecule has 0 aliphatic heterocycles. The van der Waals surface area contributed by atoms with Crippen LogP contribution >= 0.6 is 7.60 Å². The lowest BCUT2D eigenvalue weighted by molar-refractivity contribution is -0.116. The van der Waals surface area contributed by atoms with Crippen molar-refractivity contribution in [2.75, 3.05) is 33.1 Å². The van der Waals surface area contributed by atoms with Crippen LogP contribution in [0.5, 0.6) is 11.5 Å². The van der Waals surface area contributed by atoms with E-state index in [1.807, 2.05) is 42.5 Å². The SMILES string of the molecule is COc1ccc(CCN(C)C(=O)c2ccc3ccccc3c2NC(=O)C(c2cccc3ccccc23)P(=O)(O)O)cc1OC. The number of hydrogen-bond acceptors (Lipinski definition) is 5. The van der Waals surface area contributed by atoms with Crippen LogP contribution in [0.15, 0.2) is 97.1 Å². The molecule has 0 spiro atoms. The number of methoxy groups -OCH3 is 2. The number of likely N-dealkylation sites (N-methyl/N-ethyl adjacent to an activating group) is 1. The summed E-state index contributed by atoms with van der Waals surface area (Å²) in [6.45, 7) is 0.357. The van der Waals surface area contributed by atoms with E-state index in [4.69, 9.17) is 9.47 Å². The van der Waals surface area contributed by atoms with Gasteiger partial charge in [0.1, 0.15) is 0 Å². The molecule has 0 heterocycles. The number of carbonyl (C=O) groups excluding carboxylic acids is 2. The van der Waals surface area contributed by atoms with Gasteiger partial charge in [-0.2, -0.15) is 0 Å². The van der Waals surface area contributed by atoms with Crippen LogP contribution in [0.2, 0.25) is 0 Å². The van der Waals surface area contributed by atoms with Crippen molar-refractivity contribution in [3.8, 4) is 11.5 Å². The molecular formula is C34H33N2O7P. The quantitative estimate of drug-likeness (QED) is 0.161. The van der Waals surface area contributed by atoms with Crippen molar-refractivity contribution in [1.82, 2.24) is 4.90 Å².